The van der Waals surface area contributed by atoms with E-state index >= 15 is 0 Å². The van der Waals surface area contributed by atoms with Gasteiger partial charge in [0, 0.05) is 37.1 Å². The third-order valence-corrected chi connectivity index (χ3v) is 11.5. The van der Waals surface area contributed by atoms with Crippen LogP contribution in [-0.4, -0.2) is 0 Å². The fourth-order valence-corrected chi connectivity index (χ4v) is 8.86. The monoisotopic (exact) mass is 685 g/mol. The summed E-state index contributed by atoms with van der Waals surface area (Å²) in [7, 11) is 0. The molecule has 0 saturated carbocycles. The third-order valence-electron chi connectivity index (χ3n) is 10.3. The summed E-state index contributed by atoms with van der Waals surface area (Å²) in [5, 5.41) is 5.14. The molecule has 1 nitrogen and oxygen atoms in total. The molecule has 8 aromatic carbocycles. The van der Waals surface area contributed by atoms with E-state index in [2.05, 4.69) is 208 Å². The SMILES string of the molecule is CC(C)(C)c1ccc(N(c2ccc(-c3cccc4c3sc3ccccc34)cc2)c2ccccc2-c2cccc3cccc(-c4ccccc4)c23)cc1. The quantitative estimate of drug-likeness (QED) is 0.168. The van der Waals surface area contributed by atoms with E-state index in [1.54, 1.807) is 0 Å². The van der Waals surface area contributed by atoms with Crippen LogP contribution < -0.4 is 4.90 Å². The fraction of sp³-hybridized carbons (Fsp3) is 0.0800. The molecule has 9 rings (SSSR count). The molecule has 0 unspecified atom stereocenters. The Kier molecular flexibility index (Phi) is 7.98. The largest absolute Gasteiger partial charge is 0.310 e. The van der Waals surface area contributed by atoms with Crippen molar-refractivity contribution in [3.05, 3.63) is 188 Å². The lowest BCUT2D eigenvalue weighted by molar-refractivity contribution is 0.590. The summed E-state index contributed by atoms with van der Waals surface area (Å²) in [5.74, 6) is 0. The minimum absolute atomic E-state index is 0.0628. The molecule has 1 aromatic heterocycles. The first kappa shape index (κ1) is 32.0. The van der Waals surface area contributed by atoms with Crippen LogP contribution in [0.4, 0.5) is 17.1 Å². The zero-order valence-corrected chi connectivity index (χ0v) is 30.5. The van der Waals surface area contributed by atoms with E-state index in [1.807, 2.05) is 11.3 Å². The summed E-state index contributed by atoms with van der Waals surface area (Å²) in [6.07, 6.45) is 0. The van der Waals surface area contributed by atoms with Gasteiger partial charge in [-0.2, -0.15) is 0 Å². The lowest BCUT2D eigenvalue weighted by atomic mass is 9.87. The molecule has 0 fully saturated rings. The number of fused-ring (bicyclic) bond motifs is 4. The van der Waals surface area contributed by atoms with Crippen molar-refractivity contribution >= 4 is 59.3 Å². The van der Waals surface area contributed by atoms with E-state index in [4.69, 9.17) is 0 Å². The Hall–Kier alpha value is -5.96. The predicted octanol–water partition coefficient (Wildman–Crippen LogP) is 15.0. The van der Waals surface area contributed by atoms with E-state index < -0.39 is 0 Å². The van der Waals surface area contributed by atoms with Crippen LogP contribution in [0.3, 0.4) is 0 Å². The second kappa shape index (κ2) is 13.0. The molecule has 0 saturated heterocycles. The van der Waals surface area contributed by atoms with Crippen LogP contribution in [0.1, 0.15) is 26.3 Å². The molecule has 0 aliphatic heterocycles. The molecule has 0 radical (unpaired) electrons. The number of hydrogen-bond donors (Lipinski definition) is 0. The van der Waals surface area contributed by atoms with Crippen molar-refractivity contribution in [1.29, 1.82) is 0 Å². The average molecular weight is 686 g/mol. The van der Waals surface area contributed by atoms with Gasteiger partial charge in [0.25, 0.3) is 0 Å². The van der Waals surface area contributed by atoms with Gasteiger partial charge in [-0.15, -0.1) is 11.3 Å². The van der Waals surface area contributed by atoms with Crippen molar-refractivity contribution in [1.82, 2.24) is 0 Å². The second-order valence-electron chi connectivity index (χ2n) is 14.6. The minimum atomic E-state index is 0.0628. The maximum atomic E-state index is 2.43. The van der Waals surface area contributed by atoms with Gasteiger partial charge in [-0.3, -0.25) is 0 Å². The Morgan fingerprint density at radius 3 is 1.73 bits per heavy atom. The molecule has 250 valence electrons. The third kappa shape index (κ3) is 5.66. The topological polar surface area (TPSA) is 3.24 Å². The first-order chi connectivity index (χ1) is 25.4. The van der Waals surface area contributed by atoms with Crippen LogP contribution >= 0.6 is 11.3 Å². The predicted molar refractivity (Wildman–Crippen MR) is 227 cm³/mol. The molecule has 1 heterocycles. The van der Waals surface area contributed by atoms with E-state index in [0.29, 0.717) is 0 Å². The van der Waals surface area contributed by atoms with Gasteiger partial charge in [-0.1, -0.05) is 166 Å². The molecular weight excluding hydrogens is 647 g/mol. The van der Waals surface area contributed by atoms with Gasteiger partial charge in [-0.25, -0.2) is 0 Å². The summed E-state index contributed by atoms with van der Waals surface area (Å²) in [6.45, 7) is 6.82. The molecular formula is C50H39NS. The first-order valence-corrected chi connectivity index (χ1v) is 18.8. The summed E-state index contributed by atoms with van der Waals surface area (Å²) in [5.41, 5.74) is 12.1. The van der Waals surface area contributed by atoms with Crippen molar-refractivity contribution in [3.8, 4) is 33.4 Å². The molecule has 0 N–H and O–H groups in total. The number of hydrogen-bond acceptors (Lipinski definition) is 2. The molecule has 52 heavy (non-hydrogen) atoms. The first-order valence-electron chi connectivity index (χ1n) is 18.0. The number of anilines is 3. The highest BCUT2D eigenvalue weighted by Gasteiger charge is 2.21. The van der Waals surface area contributed by atoms with E-state index in [-0.39, 0.29) is 5.41 Å². The lowest BCUT2D eigenvalue weighted by Crippen LogP contribution is -2.13. The Balaban J connectivity index is 1.22. The highest BCUT2D eigenvalue weighted by Crippen LogP contribution is 2.46. The van der Waals surface area contributed by atoms with Crippen LogP contribution in [0.25, 0.3) is 64.3 Å². The molecule has 0 aliphatic rings. The molecule has 0 spiro atoms. The van der Waals surface area contributed by atoms with Crippen molar-refractivity contribution in [2.24, 2.45) is 0 Å². The smallest absolute Gasteiger partial charge is 0.0540 e. The number of para-hydroxylation sites is 1. The number of thiophene rings is 1. The zero-order chi connectivity index (χ0) is 35.2. The van der Waals surface area contributed by atoms with Gasteiger partial charge in [0.15, 0.2) is 0 Å². The van der Waals surface area contributed by atoms with Crippen molar-refractivity contribution in [2.75, 3.05) is 4.90 Å². The standard InChI is InChI=1S/C50H39NS/c1-50(2,3)37-28-32-39(33-29-37)51(38-30-26-35(27-31-38)41-21-13-23-45-43-19-8-10-25-47(43)52-49(41)45)46-24-9-7-18-42(46)44-22-12-17-36-16-11-20-40(48(36)44)34-14-5-4-6-15-34/h4-33H,1-3H3. The van der Waals surface area contributed by atoms with Gasteiger partial charge < -0.3 is 4.90 Å². The Morgan fingerprint density at radius 1 is 0.423 bits per heavy atom. The number of benzene rings is 8. The van der Waals surface area contributed by atoms with Crippen molar-refractivity contribution in [2.45, 2.75) is 26.2 Å². The lowest BCUT2D eigenvalue weighted by Gasteiger charge is -2.29. The van der Waals surface area contributed by atoms with E-state index in [0.717, 1.165) is 17.1 Å². The van der Waals surface area contributed by atoms with Gasteiger partial charge >= 0.3 is 0 Å². The molecule has 2 heteroatoms. The second-order valence-corrected chi connectivity index (χ2v) is 15.6. The summed E-state index contributed by atoms with van der Waals surface area (Å²) < 4.78 is 2.66. The van der Waals surface area contributed by atoms with Gasteiger partial charge in [0.1, 0.15) is 0 Å². The molecule has 0 aliphatic carbocycles. The van der Waals surface area contributed by atoms with Gasteiger partial charge in [-0.05, 0) is 86.0 Å². The average Bonchev–Trinajstić information content (AvgIpc) is 3.57. The highest BCUT2D eigenvalue weighted by atomic mass is 32.1. The van der Waals surface area contributed by atoms with Crippen LogP contribution in [0.15, 0.2) is 182 Å². The van der Waals surface area contributed by atoms with E-state index in [9.17, 15) is 0 Å². The highest BCUT2D eigenvalue weighted by molar-refractivity contribution is 7.26. The van der Waals surface area contributed by atoms with Crippen LogP contribution in [0.5, 0.6) is 0 Å². The Labute approximate surface area is 310 Å². The minimum Gasteiger partial charge on any atom is -0.310 e. The number of rotatable bonds is 6. The molecule has 0 amide bonds. The van der Waals surface area contributed by atoms with Crippen molar-refractivity contribution in [3.63, 3.8) is 0 Å². The zero-order valence-electron chi connectivity index (χ0n) is 29.7. The maximum Gasteiger partial charge on any atom is 0.0540 e. The summed E-state index contributed by atoms with van der Waals surface area (Å²) >= 11 is 1.88. The Bertz CT molecular complexity index is 2690. The van der Waals surface area contributed by atoms with Crippen LogP contribution in [0, 0.1) is 0 Å². The molecule has 0 atom stereocenters. The number of nitrogens with zero attached hydrogens (tertiary/aromatic N) is 1. The van der Waals surface area contributed by atoms with E-state index in [1.165, 1.54) is 69.9 Å². The maximum absolute atomic E-state index is 2.43. The summed E-state index contributed by atoms with van der Waals surface area (Å²) in [4.78, 5) is 2.43. The van der Waals surface area contributed by atoms with Crippen molar-refractivity contribution < 1.29 is 0 Å². The Morgan fingerprint density at radius 2 is 0.981 bits per heavy atom. The molecule has 0 bridgehead atoms. The van der Waals surface area contributed by atoms with Gasteiger partial charge in [0.2, 0.25) is 0 Å². The fourth-order valence-electron chi connectivity index (χ4n) is 7.62. The van der Waals surface area contributed by atoms with Crippen LogP contribution in [0.2, 0.25) is 0 Å². The normalized spacial score (nSPS) is 11.8. The van der Waals surface area contributed by atoms with Gasteiger partial charge in [0.05, 0.1) is 5.69 Å². The van der Waals surface area contributed by atoms with Crippen LogP contribution in [-0.2, 0) is 5.41 Å². The molecule has 9 aromatic rings. The summed E-state index contributed by atoms with van der Waals surface area (Å²) in [6, 6.07) is 66.7.